The van der Waals surface area contributed by atoms with Crippen molar-refractivity contribution < 1.29 is 4.79 Å². The van der Waals surface area contributed by atoms with Gasteiger partial charge in [-0.1, -0.05) is 41.1 Å². The molecule has 6 nitrogen and oxygen atoms in total. The monoisotopic (exact) mass is 383 g/mol. The van der Waals surface area contributed by atoms with E-state index in [2.05, 4.69) is 20.7 Å². The lowest BCUT2D eigenvalue weighted by molar-refractivity contribution is 0.262. The maximum absolute atomic E-state index is 12.2. The fraction of sp³-hybridized carbons (Fsp3) is 0.0556. The van der Waals surface area contributed by atoms with E-state index in [-0.39, 0.29) is 6.03 Å². The molecule has 4 aromatic rings. The van der Waals surface area contributed by atoms with E-state index in [1.54, 1.807) is 16.6 Å². The molecule has 0 bridgehead atoms. The van der Waals surface area contributed by atoms with E-state index in [1.807, 2.05) is 49.4 Å². The van der Waals surface area contributed by atoms with Gasteiger partial charge >= 0.3 is 6.03 Å². The normalized spacial score (nSPS) is 10.8. The van der Waals surface area contributed by atoms with Gasteiger partial charge in [-0.3, -0.25) is 5.32 Å². The second kappa shape index (κ2) is 6.78. The number of nitrogens with one attached hydrogen (secondary N) is 2. The summed E-state index contributed by atoms with van der Waals surface area (Å²) < 4.78 is 1.73. The van der Waals surface area contributed by atoms with Crippen LogP contribution in [0.15, 0.2) is 54.6 Å². The first-order valence-electron chi connectivity index (χ1n) is 7.85. The number of benzene rings is 2. The molecule has 8 heteroatoms. The van der Waals surface area contributed by atoms with Crippen molar-refractivity contribution in [2.45, 2.75) is 6.92 Å². The fourth-order valence-electron chi connectivity index (χ4n) is 2.47. The number of aryl methyl sites for hydroxylation is 1. The van der Waals surface area contributed by atoms with Crippen molar-refractivity contribution in [1.82, 2.24) is 14.6 Å². The molecule has 4 rings (SSSR count). The molecule has 0 aliphatic carbocycles. The van der Waals surface area contributed by atoms with Crippen LogP contribution in [0.3, 0.4) is 0 Å². The number of para-hydroxylation sites is 1. The molecule has 2 amide bonds. The Kier molecular flexibility index (Phi) is 4.32. The van der Waals surface area contributed by atoms with Crippen molar-refractivity contribution in [2.75, 3.05) is 10.6 Å². The number of hydrogen-bond acceptors (Lipinski definition) is 4. The van der Waals surface area contributed by atoms with Crippen LogP contribution in [0.25, 0.3) is 16.3 Å². The first-order chi connectivity index (χ1) is 12.6. The van der Waals surface area contributed by atoms with E-state index < -0.39 is 0 Å². The molecule has 26 heavy (non-hydrogen) atoms. The lowest BCUT2D eigenvalue weighted by Crippen LogP contribution is -2.19. The zero-order valence-corrected chi connectivity index (χ0v) is 15.3. The molecule has 0 spiro atoms. The zero-order chi connectivity index (χ0) is 18.1. The number of rotatable bonds is 3. The third kappa shape index (κ3) is 3.26. The molecular weight excluding hydrogens is 370 g/mol. The van der Waals surface area contributed by atoms with Gasteiger partial charge in [0.15, 0.2) is 5.82 Å². The highest BCUT2D eigenvalue weighted by Gasteiger charge is 2.16. The summed E-state index contributed by atoms with van der Waals surface area (Å²) in [6, 6.07) is 16.3. The van der Waals surface area contributed by atoms with Gasteiger partial charge < -0.3 is 5.32 Å². The Hall–Kier alpha value is -2.90. The Morgan fingerprint density at radius 2 is 1.81 bits per heavy atom. The second-order valence-electron chi connectivity index (χ2n) is 5.60. The number of thiazole rings is 1. The molecule has 0 radical (unpaired) electrons. The first kappa shape index (κ1) is 16.6. The number of fused-ring (bicyclic) bond motifs is 1. The van der Waals surface area contributed by atoms with Crippen molar-refractivity contribution >= 4 is 44.6 Å². The molecule has 0 unspecified atom stereocenters. The van der Waals surface area contributed by atoms with Crippen LogP contribution < -0.4 is 10.6 Å². The van der Waals surface area contributed by atoms with Gasteiger partial charge in [0.1, 0.15) is 5.00 Å². The maximum Gasteiger partial charge on any atom is 0.324 e. The highest BCUT2D eigenvalue weighted by atomic mass is 35.5. The van der Waals surface area contributed by atoms with Crippen LogP contribution in [-0.4, -0.2) is 20.6 Å². The Morgan fingerprint density at radius 3 is 2.50 bits per heavy atom. The Bertz CT molecular complexity index is 1070. The van der Waals surface area contributed by atoms with Crippen LogP contribution in [0, 0.1) is 6.92 Å². The molecule has 2 N–H and O–H groups in total. The minimum atomic E-state index is -0.304. The molecule has 2 heterocycles. The van der Waals surface area contributed by atoms with Gasteiger partial charge in [0, 0.05) is 16.3 Å². The smallest absolute Gasteiger partial charge is 0.308 e. The van der Waals surface area contributed by atoms with E-state index in [4.69, 9.17) is 11.6 Å². The van der Waals surface area contributed by atoms with E-state index >= 15 is 0 Å². The number of nitrogens with zero attached hydrogens (tertiary/aromatic N) is 3. The maximum atomic E-state index is 12.2. The summed E-state index contributed by atoms with van der Waals surface area (Å²) >= 11 is 7.29. The number of amides is 2. The Labute approximate surface area is 158 Å². The summed E-state index contributed by atoms with van der Waals surface area (Å²) in [6.45, 7) is 1.89. The number of carbonyl (C=O) groups excluding carboxylic acids is 1. The summed E-state index contributed by atoms with van der Waals surface area (Å²) in [7, 11) is 0. The highest BCUT2D eigenvalue weighted by Crippen LogP contribution is 2.29. The predicted octanol–water partition coefficient (Wildman–Crippen LogP) is 5.06. The summed E-state index contributed by atoms with van der Waals surface area (Å²) in [5, 5.41) is 11.5. The van der Waals surface area contributed by atoms with Crippen molar-refractivity contribution in [3.05, 3.63) is 65.3 Å². The van der Waals surface area contributed by atoms with Gasteiger partial charge in [0.2, 0.25) is 4.96 Å². The molecule has 2 aromatic carbocycles. The number of aromatic nitrogens is 3. The Morgan fingerprint density at radius 1 is 1.08 bits per heavy atom. The number of carbonyl (C=O) groups is 1. The van der Waals surface area contributed by atoms with Crippen molar-refractivity contribution in [3.63, 3.8) is 0 Å². The van der Waals surface area contributed by atoms with Crippen molar-refractivity contribution in [3.8, 4) is 11.4 Å². The quantitative estimate of drug-likeness (QED) is 0.519. The van der Waals surface area contributed by atoms with Crippen molar-refractivity contribution in [2.24, 2.45) is 0 Å². The van der Waals surface area contributed by atoms with Crippen molar-refractivity contribution in [1.29, 1.82) is 0 Å². The topological polar surface area (TPSA) is 71.3 Å². The highest BCUT2D eigenvalue weighted by molar-refractivity contribution is 7.21. The second-order valence-corrected chi connectivity index (χ2v) is 7.01. The number of anilines is 2. The molecule has 130 valence electrons. The van der Waals surface area contributed by atoms with Crippen LogP contribution in [0.1, 0.15) is 5.69 Å². The fourth-order valence-corrected chi connectivity index (χ4v) is 3.55. The van der Waals surface area contributed by atoms with Crippen LogP contribution >= 0.6 is 22.9 Å². The van der Waals surface area contributed by atoms with Gasteiger partial charge in [-0.2, -0.15) is 4.98 Å². The third-order valence-electron chi connectivity index (χ3n) is 3.78. The van der Waals surface area contributed by atoms with Gasteiger partial charge in [-0.05, 0) is 43.3 Å². The van der Waals surface area contributed by atoms with Gasteiger partial charge in [0.05, 0.1) is 5.69 Å². The Balaban J connectivity index is 1.55. The molecule has 0 aliphatic rings. The first-order valence-corrected chi connectivity index (χ1v) is 9.05. The van der Waals surface area contributed by atoms with Gasteiger partial charge in [-0.25, -0.2) is 9.31 Å². The molecular formula is C18H14ClN5OS. The average molecular weight is 384 g/mol. The molecule has 0 aliphatic heterocycles. The van der Waals surface area contributed by atoms with Gasteiger partial charge in [0.25, 0.3) is 0 Å². The van der Waals surface area contributed by atoms with Crippen LogP contribution in [0.5, 0.6) is 0 Å². The molecule has 0 saturated heterocycles. The number of hydrogen-bond donors (Lipinski definition) is 2. The third-order valence-corrected chi connectivity index (χ3v) is 5.08. The summed E-state index contributed by atoms with van der Waals surface area (Å²) in [5.41, 5.74) is 2.44. The minimum Gasteiger partial charge on any atom is -0.308 e. The molecule has 0 atom stereocenters. The van der Waals surface area contributed by atoms with E-state index in [0.717, 1.165) is 16.9 Å². The molecule has 0 saturated carbocycles. The summed E-state index contributed by atoms with van der Waals surface area (Å²) in [5.74, 6) is 0.622. The zero-order valence-electron chi connectivity index (χ0n) is 13.7. The van der Waals surface area contributed by atoms with E-state index in [0.29, 0.717) is 20.8 Å². The SMILES string of the molecule is Cc1c(NC(=O)Nc2ccccc2)sc2nc(-c3ccc(Cl)cc3)nn12. The summed E-state index contributed by atoms with van der Waals surface area (Å²) in [4.78, 5) is 17.4. The van der Waals surface area contributed by atoms with E-state index in [1.165, 1.54) is 11.3 Å². The standard InChI is InChI=1S/C18H14ClN5OS/c1-11-16(22-17(25)20-14-5-3-2-4-6-14)26-18-21-15(23-24(11)18)12-7-9-13(19)10-8-12/h2-10H,1H3,(H2,20,22,25). The average Bonchev–Trinajstić information content (AvgIpc) is 3.16. The molecule has 2 aromatic heterocycles. The minimum absolute atomic E-state index is 0.304. The van der Waals surface area contributed by atoms with Gasteiger partial charge in [-0.15, -0.1) is 5.10 Å². The van der Waals surface area contributed by atoms with Crippen LogP contribution in [0.4, 0.5) is 15.5 Å². The lowest BCUT2D eigenvalue weighted by Gasteiger charge is -2.06. The van der Waals surface area contributed by atoms with E-state index in [9.17, 15) is 4.79 Å². The van der Waals surface area contributed by atoms with Crippen LogP contribution in [0.2, 0.25) is 5.02 Å². The lowest BCUT2D eigenvalue weighted by atomic mass is 10.2. The van der Waals surface area contributed by atoms with Crippen LogP contribution in [-0.2, 0) is 0 Å². The molecule has 0 fully saturated rings. The summed E-state index contributed by atoms with van der Waals surface area (Å²) in [6.07, 6.45) is 0. The largest absolute Gasteiger partial charge is 0.324 e. The number of urea groups is 1. The predicted molar refractivity (Wildman–Crippen MR) is 105 cm³/mol. The number of halogens is 1.